The number of nitrogens with zero attached hydrogens (tertiary/aromatic N) is 2. The number of nitrogens with one attached hydrogen (secondary N) is 1. The number of hydrogen-bond donors (Lipinski definition) is 1. The number of rotatable bonds is 1. The van der Waals surface area contributed by atoms with Crippen LogP contribution in [0.25, 0.3) is 10.9 Å². The minimum Gasteiger partial charge on any atom is -0.339 e. The molecular formula is C14H17N3O. The second-order valence-electron chi connectivity index (χ2n) is 5.11. The fraction of sp³-hybridized carbons (Fsp3) is 0.429. The number of carbonyl (C=O) groups excluding carboxylic acids is 1. The Labute approximate surface area is 106 Å². The number of carbonyl (C=O) groups is 1. The standard InChI is InChI=1S/C14H17N3O/c1-10-5-7-17(8-6-10)14(18)12-4-2-3-11-9-15-16-13(11)12/h2-4,9-10H,5-8H2,1H3,(H,15,16). The van der Waals surface area contributed by atoms with Crippen LogP contribution in [0.4, 0.5) is 0 Å². The maximum atomic E-state index is 12.5. The molecule has 4 nitrogen and oxygen atoms in total. The van der Waals surface area contributed by atoms with Crippen molar-refractivity contribution < 1.29 is 4.79 Å². The zero-order valence-electron chi connectivity index (χ0n) is 10.5. The molecule has 2 heterocycles. The molecule has 94 valence electrons. The van der Waals surface area contributed by atoms with E-state index in [1.165, 1.54) is 0 Å². The lowest BCUT2D eigenvalue weighted by Gasteiger charge is -2.30. The minimum absolute atomic E-state index is 0.122. The lowest BCUT2D eigenvalue weighted by Crippen LogP contribution is -2.38. The number of piperidine rings is 1. The summed E-state index contributed by atoms with van der Waals surface area (Å²) in [4.78, 5) is 14.5. The quantitative estimate of drug-likeness (QED) is 0.836. The Morgan fingerprint density at radius 3 is 2.94 bits per heavy atom. The van der Waals surface area contributed by atoms with E-state index in [9.17, 15) is 4.79 Å². The molecule has 1 aliphatic heterocycles. The van der Waals surface area contributed by atoms with Crippen LogP contribution in [0.2, 0.25) is 0 Å². The molecule has 1 aromatic carbocycles. The first kappa shape index (κ1) is 11.3. The third-order valence-electron chi connectivity index (χ3n) is 3.78. The van der Waals surface area contributed by atoms with Gasteiger partial charge in [-0.2, -0.15) is 5.10 Å². The molecule has 1 aromatic heterocycles. The second kappa shape index (κ2) is 4.44. The number of para-hydroxylation sites is 1. The number of benzene rings is 1. The van der Waals surface area contributed by atoms with Crippen LogP contribution in [0.1, 0.15) is 30.1 Å². The van der Waals surface area contributed by atoms with Gasteiger partial charge < -0.3 is 4.90 Å². The van der Waals surface area contributed by atoms with Crippen LogP contribution < -0.4 is 0 Å². The summed E-state index contributed by atoms with van der Waals surface area (Å²) in [6.45, 7) is 3.98. The number of aromatic nitrogens is 2. The van der Waals surface area contributed by atoms with Crippen LogP contribution in [0.5, 0.6) is 0 Å². The molecule has 1 aliphatic rings. The van der Waals surface area contributed by atoms with Gasteiger partial charge >= 0.3 is 0 Å². The van der Waals surface area contributed by atoms with E-state index >= 15 is 0 Å². The highest BCUT2D eigenvalue weighted by Crippen LogP contribution is 2.21. The lowest BCUT2D eigenvalue weighted by atomic mass is 9.98. The number of amides is 1. The Morgan fingerprint density at radius 1 is 1.39 bits per heavy atom. The first-order valence-electron chi connectivity index (χ1n) is 6.47. The maximum Gasteiger partial charge on any atom is 0.256 e. The topological polar surface area (TPSA) is 49.0 Å². The SMILES string of the molecule is CC1CCN(C(=O)c2cccc3cn[nH]c23)CC1. The molecule has 1 saturated heterocycles. The fourth-order valence-electron chi connectivity index (χ4n) is 2.53. The van der Waals surface area contributed by atoms with E-state index in [-0.39, 0.29) is 5.91 Å². The Bertz CT molecular complexity index is 567. The van der Waals surface area contributed by atoms with Gasteiger partial charge in [0.1, 0.15) is 0 Å². The van der Waals surface area contributed by atoms with E-state index in [0.29, 0.717) is 0 Å². The maximum absolute atomic E-state index is 12.5. The predicted octanol–water partition coefficient (Wildman–Crippen LogP) is 2.44. The van der Waals surface area contributed by atoms with Gasteiger partial charge in [0.15, 0.2) is 0 Å². The van der Waals surface area contributed by atoms with Crippen molar-refractivity contribution in [2.24, 2.45) is 5.92 Å². The number of H-pyrrole nitrogens is 1. The molecule has 0 bridgehead atoms. The summed E-state index contributed by atoms with van der Waals surface area (Å²) in [6.07, 6.45) is 3.96. The van der Waals surface area contributed by atoms with E-state index in [4.69, 9.17) is 0 Å². The second-order valence-corrected chi connectivity index (χ2v) is 5.11. The van der Waals surface area contributed by atoms with Crippen molar-refractivity contribution in [2.75, 3.05) is 13.1 Å². The molecular weight excluding hydrogens is 226 g/mol. The fourth-order valence-corrected chi connectivity index (χ4v) is 2.53. The monoisotopic (exact) mass is 243 g/mol. The molecule has 0 spiro atoms. The number of hydrogen-bond acceptors (Lipinski definition) is 2. The minimum atomic E-state index is 0.122. The Morgan fingerprint density at radius 2 is 2.17 bits per heavy atom. The van der Waals surface area contributed by atoms with Gasteiger partial charge in [0.2, 0.25) is 0 Å². The number of aromatic amines is 1. The van der Waals surface area contributed by atoms with Crippen molar-refractivity contribution in [3.8, 4) is 0 Å². The predicted molar refractivity (Wildman–Crippen MR) is 70.4 cm³/mol. The van der Waals surface area contributed by atoms with Crippen molar-refractivity contribution in [1.29, 1.82) is 0 Å². The zero-order valence-corrected chi connectivity index (χ0v) is 10.5. The summed E-state index contributed by atoms with van der Waals surface area (Å²) < 4.78 is 0. The van der Waals surface area contributed by atoms with Gasteiger partial charge in [0, 0.05) is 18.5 Å². The normalized spacial score (nSPS) is 17.3. The first-order chi connectivity index (χ1) is 8.75. The Hall–Kier alpha value is -1.84. The van der Waals surface area contributed by atoms with Gasteiger partial charge in [0.25, 0.3) is 5.91 Å². The summed E-state index contributed by atoms with van der Waals surface area (Å²) in [6, 6.07) is 5.76. The lowest BCUT2D eigenvalue weighted by molar-refractivity contribution is 0.0699. The molecule has 3 rings (SSSR count). The average Bonchev–Trinajstić information content (AvgIpc) is 2.87. The molecule has 2 aromatic rings. The summed E-state index contributed by atoms with van der Waals surface area (Å²) in [5.41, 5.74) is 1.58. The van der Waals surface area contributed by atoms with Crippen LogP contribution in [0, 0.1) is 5.92 Å². The van der Waals surface area contributed by atoms with Gasteiger partial charge in [0.05, 0.1) is 17.3 Å². The summed E-state index contributed by atoms with van der Waals surface area (Å²) in [5, 5.41) is 7.92. The van der Waals surface area contributed by atoms with Crippen LogP contribution in [-0.4, -0.2) is 34.1 Å². The van der Waals surface area contributed by atoms with Gasteiger partial charge in [-0.25, -0.2) is 0 Å². The third-order valence-corrected chi connectivity index (χ3v) is 3.78. The summed E-state index contributed by atoms with van der Waals surface area (Å²) in [5.74, 6) is 0.855. The Kier molecular flexibility index (Phi) is 2.78. The van der Waals surface area contributed by atoms with Crippen molar-refractivity contribution in [3.05, 3.63) is 30.0 Å². The molecule has 0 saturated carbocycles. The molecule has 0 unspecified atom stereocenters. The molecule has 18 heavy (non-hydrogen) atoms. The molecule has 0 aliphatic carbocycles. The van der Waals surface area contributed by atoms with Crippen molar-refractivity contribution in [3.63, 3.8) is 0 Å². The van der Waals surface area contributed by atoms with E-state index in [1.807, 2.05) is 23.1 Å². The van der Waals surface area contributed by atoms with Gasteiger partial charge in [-0.15, -0.1) is 0 Å². The van der Waals surface area contributed by atoms with Crippen LogP contribution in [-0.2, 0) is 0 Å². The first-order valence-corrected chi connectivity index (χ1v) is 6.47. The van der Waals surface area contributed by atoms with Gasteiger partial charge in [-0.1, -0.05) is 19.1 Å². The summed E-state index contributed by atoms with van der Waals surface area (Å²) >= 11 is 0. The van der Waals surface area contributed by atoms with Gasteiger partial charge in [-0.3, -0.25) is 9.89 Å². The van der Waals surface area contributed by atoms with E-state index in [1.54, 1.807) is 6.20 Å². The molecule has 0 radical (unpaired) electrons. The average molecular weight is 243 g/mol. The number of fused-ring (bicyclic) bond motifs is 1. The molecule has 4 heteroatoms. The van der Waals surface area contributed by atoms with Crippen LogP contribution in [0.15, 0.2) is 24.4 Å². The van der Waals surface area contributed by atoms with Gasteiger partial charge in [-0.05, 0) is 24.8 Å². The molecule has 1 N–H and O–H groups in total. The smallest absolute Gasteiger partial charge is 0.256 e. The van der Waals surface area contributed by atoms with Crippen molar-refractivity contribution in [2.45, 2.75) is 19.8 Å². The number of likely N-dealkylation sites (tertiary alicyclic amines) is 1. The third kappa shape index (κ3) is 1.88. The summed E-state index contributed by atoms with van der Waals surface area (Å²) in [7, 11) is 0. The van der Waals surface area contributed by atoms with E-state index in [2.05, 4.69) is 17.1 Å². The zero-order chi connectivity index (χ0) is 12.5. The molecule has 1 amide bonds. The van der Waals surface area contributed by atoms with Crippen LogP contribution in [0.3, 0.4) is 0 Å². The van der Waals surface area contributed by atoms with Crippen LogP contribution >= 0.6 is 0 Å². The molecule has 1 fully saturated rings. The van der Waals surface area contributed by atoms with E-state index < -0.39 is 0 Å². The van der Waals surface area contributed by atoms with Crippen molar-refractivity contribution in [1.82, 2.24) is 15.1 Å². The highest BCUT2D eigenvalue weighted by Gasteiger charge is 2.22. The van der Waals surface area contributed by atoms with E-state index in [0.717, 1.165) is 48.3 Å². The highest BCUT2D eigenvalue weighted by atomic mass is 16.2. The van der Waals surface area contributed by atoms with Crippen molar-refractivity contribution >= 4 is 16.8 Å². The Balaban J connectivity index is 1.90. The largest absolute Gasteiger partial charge is 0.339 e. The molecule has 0 atom stereocenters. The highest BCUT2D eigenvalue weighted by molar-refractivity contribution is 6.05.